The molecule has 21 heavy (non-hydrogen) atoms. The Morgan fingerprint density at radius 3 is 2.38 bits per heavy atom. The van der Waals surface area contributed by atoms with E-state index in [2.05, 4.69) is 0 Å². The molecule has 1 aromatic rings. The maximum Gasteiger partial charge on any atom is 0.337 e. The van der Waals surface area contributed by atoms with Crippen LogP contribution in [0.1, 0.15) is 24.8 Å². The van der Waals surface area contributed by atoms with E-state index in [0.717, 1.165) is 5.56 Å². The summed E-state index contributed by atoms with van der Waals surface area (Å²) in [6.45, 7) is 0. The van der Waals surface area contributed by atoms with Crippen molar-refractivity contribution in [2.45, 2.75) is 24.7 Å². The summed E-state index contributed by atoms with van der Waals surface area (Å²) >= 11 is 0. The van der Waals surface area contributed by atoms with Gasteiger partial charge in [-0.05, 0) is 12.0 Å². The summed E-state index contributed by atoms with van der Waals surface area (Å²) in [7, 11) is 2.57. The molecule has 0 spiro atoms. The van der Waals surface area contributed by atoms with Crippen molar-refractivity contribution in [3.8, 4) is 0 Å². The Balaban J connectivity index is 2.50. The van der Waals surface area contributed by atoms with Crippen molar-refractivity contribution >= 4 is 11.9 Å². The SMILES string of the molecule is COC(=O)C1=C(O)CCC(C(=O)OC)(c2ccccc2)C1. The van der Waals surface area contributed by atoms with E-state index < -0.39 is 17.4 Å². The molecule has 1 N–H and O–H groups in total. The third-order valence-electron chi connectivity index (χ3n) is 3.95. The molecular formula is C16H18O5. The summed E-state index contributed by atoms with van der Waals surface area (Å²) in [5.74, 6) is -1.05. The lowest BCUT2D eigenvalue weighted by Crippen LogP contribution is -2.41. The van der Waals surface area contributed by atoms with Gasteiger partial charge in [-0.1, -0.05) is 30.3 Å². The molecule has 0 aliphatic heterocycles. The van der Waals surface area contributed by atoms with Gasteiger partial charge in [-0.15, -0.1) is 0 Å². The minimum Gasteiger partial charge on any atom is -0.512 e. The molecule has 1 unspecified atom stereocenters. The summed E-state index contributed by atoms with van der Waals surface area (Å²) in [6, 6.07) is 9.17. The summed E-state index contributed by atoms with van der Waals surface area (Å²) in [5.41, 5.74) is -0.0602. The molecule has 0 aromatic heterocycles. The number of esters is 2. The van der Waals surface area contributed by atoms with Gasteiger partial charge in [0.2, 0.25) is 0 Å². The second-order valence-electron chi connectivity index (χ2n) is 5.03. The van der Waals surface area contributed by atoms with Crippen LogP contribution in [0.3, 0.4) is 0 Å². The topological polar surface area (TPSA) is 72.8 Å². The highest BCUT2D eigenvalue weighted by atomic mass is 16.5. The highest BCUT2D eigenvalue weighted by Gasteiger charge is 2.46. The fourth-order valence-electron chi connectivity index (χ4n) is 2.78. The number of hydrogen-bond acceptors (Lipinski definition) is 5. The van der Waals surface area contributed by atoms with Crippen LogP contribution in [0.15, 0.2) is 41.7 Å². The fraction of sp³-hybridized carbons (Fsp3) is 0.375. The zero-order valence-electron chi connectivity index (χ0n) is 12.1. The predicted molar refractivity (Wildman–Crippen MR) is 75.7 cm³/mol. The Morgan fingerprint density at radius 2 is 1.81 bits per heavy atom. The molecule has 5 nitrogen and oxygen atoms in total. The average molecular weight is 290 g/mol. The van der Waals surface area contributed by atoms with Crippen LogP contribution >= 0.6 is 0 Å². The third-order valence-corrected chi connectivity index (χ3v) is 3.95. The first-order valence-electron chi connectivity index (χ1n) is 6.68. The van der Waals surface area contributed by atoms with Gasteiger partial charge in [-0.3, -0.25) is 4.79 Å². The Bertz CT molecular complexity index is 576. The molecule has 0 radical (unpaired) electrons. The smallest absolute Gasteiger partial charge is 0.337 e. The van der Waals surface area contributed by atoms with Crippen molar-refractivity contribution in [3.63, 3.8) is 0 Å². The molecule has 5 heteroatoms. The van der Waals surface area contributed by atoms with Crippen LogP contribution in [-0.2, 0) is 24.5 Å². The van der Waals surface area contributed by atoms with Crippen LogP contribution in [0.25, 0.3) is 0 Å². The molecule has 1 aromatic carbocycles. The van der Waals surface area contributed by atoms with E-state index in [0.29, 0.717) is 6.42 Å². The minimum absolute atomic E-state index is 0.0164. The first-order valence-corrected chi connectivity index (χ1v) is 6.68. The quantitative estimate of drug-likeness (QED) is 0.864. The van der Waals surface area contributed by atoms with Gasteiger partial charge < -0.3 is 14.6 Å². The van der Waals surface area contributed by atoms with E-state index >= 15 is 0 Å². The number of allylic oxidation sites excluding steroid dienone is 1. The fourth-order valence-corrected chi connectivity index (χ4v) is 2.78. The number of aliphatic hydroxyl groups excluding tert-OH is 1. The van der Waals surface area contributed by atoms with E-state index in [1.165, 1.54) is 14.2 Å². The number of benzene rings is 1. The second kappa shape index (κ2) is 5.99. The number of methoxy groups -OCH3 is 2. The average Bonchev–Trinajstić information content (AvgIpc) is 2.55. The number of hydrogen-bond donors (Lipinski definition) is 1. The standard InChI is InChI=1S/C16H18O5/c1-20-14(18)12-10-16(15(19)21-2,9-8-13(12)17)11-6-4-3-5-7-11/h3-7,17H,8-10H2,1-2H3. The van der Waals surface area contributed by atoms with E-state index in [4.69, 9.17) is 9.47 Å². The van der Waals surface area contributed by atoms with E-state index in [9.17, 15) is 14.7 Å². The maximum absolute atomic E-state index is 12.4. The molecule has 0 fully saturated rings. The van der Waals surface area contributed by atoms with Crippen LogP contribution in [0.5, 0.6) is 0 Å². The van der Waals surface area contributed by atoms with Gasteiger partial charge in [0.15, 0.2) is 0 Å². The molecular weight excluding hydrogens is 272 g/mol. The van der Waals surface area contributed by atoms with Gasteiger partial charge in [0.25, 0.3) is 0 Å². The molecule has 0 bridgehead atoms. The maximum atomic E-state index is 12.4. The van der Waals surface area contributed by atoms with Gasteiger partial charge in [0, 0.05) is 12.8 Å². The van der Waals surface area contributed by atoms with Gasteiger partial charge in [-0.25, -0.2) is 4.79 Å². The molecule has 112 valence electrons. The first kappa shape index (κ1) is 15.1. The van der Waals surface area contributed by atoms with Crippen molar-refractivity contribution in [2.75, 3.05) is 14.2 Å². The lowest BCUT2D eigenvalue weighted by Gasteiger charge is -2.35. The third kappa shape index (κ3) is 2.63. The number of carbonyl (C=O) groups is 2. The van der Waals surface area contributed by atoms with Crippen LogP contribution in [-0.4, -0.2) is 31.3 Å². The first-order chi connectivity index (χ1) is 10.0. The molecule has 1 atom stereocenters. The normalized spacial score (nSPS) is 21.8. The van der Waals surface area contributed by atoms with Crippen molar-refractivity contribution < 1.29 is 24.2 Å². The van der Waals surface area contributed by atoms with Crippen LogP contribution < -0.4 is 0 Å². The van der Waals surface area contributed by atoms with Gasteiger partial charge >= 0.3 is 11.9 Å². The molecule has 1 aliphatic carbocycles. The van der Waals surface area contributed by atoms with Gasteiger partial charge in [0.1, 0.15) is 5.76 Å². The monoisotopic (exact) mass is 290 g/mol. The minimum atomic E-state index is -0.967. The van der Waals surface area contributed by atoms with Crippen LogP contribution in [0.2, 0.25) is 0 Å². The molecule has 0 amide bonds. The summed E-state index contributed by atoms with van der Waals surface area (Å²) in [4.78, 5) is 24.2. The largest absolute Gasteiger partial charge is 0.512 e. The lowest BCUT2D eigenvalue weighted by atomic mass is 9.69. The zero-order chi connectivity index (χ0) is 15.5. The van der Waals surface area contributed by atoms with Crippen LogP contribution in [0, 0.1) is 0 Å². The highest BCUT2D eigenvalue weighted by molar-refractivity contribution is 5.93. The van der Waals surface area contributed by atoms with E-state index in [-0.39, 0.29) is 24.2 Å². The van der Waals surface area contributed by atoms with Gasteiger partial charge in [-0.2, -0.15) is 0 Å². The van der Waals surface area contributed by atoms with Crippen LogP contribution in [0.4, 0.5) is 0 Å². The Hall–Kier alpha value is -2.30. The summed E-state index contributed by atoms with van der Waals surface area (Å²) in [6.07, 6.45) is 0.687. The summed E-state index contributed by atoms with van der Waals surface area (Å²) in [5, 5.41) is 9.93. The van der Waals surface area contributed by atoms with Gasteiger partial charge in [0.05, 0.1) is 25.2 Å². The van der Waals surface area contributed by atoms with Crippen molar-refractivity contribution in [1.29, 1.82) is 0 Å². The summed E-state index contributed by atoms with van der Waals surface area (Å²) < 4.78 is 9.64. The van der Waals surface area contributed by atoms with Crippen molar-refractivity contribution in [2.24, 2.45) is 0 Å². The predicted octanol–water partition coefficient (Wildman–Crippen LogP) is 2.27. The molecule has 0 heterocycles. The molecule has 0 saturated carbocycles. The van der Waals surface area contributed by atoms with E-state index in [1.807, 2.05) is 30.3 Å². The number of aliphatic hydroxyl groups is 1. The highest BCUT2D eigenvalue weighted by Crippen LogP contribution is 2.42. The van der Waals surface area contributed by atoms with Crippen molar-refractivity contribution in [3.05, 3.63) is 47.2 Å². The number of rotatable bonds is 3. The second-order valence-corrected chi connectivity index (χ2v) is 5.03. The number of ether oxygens (including phenoxy) is 2. The number of carbonyl (C=O) groups excluding carboxylic acids is 2. The lowest BCUT2D eigenvalue weighted by molar-refractivity contribution is -0.148. The molecule has 0 saturated heterocycles. The Labute approximate surface area is 123 Å². The van der Waals surface area contributed by atoms with E-state index in [1.54, 1.807) is 0 Å². The molecule has 1 aliphatic rings. The van der Waals surface area contributed by atoms with Crippen molar-refractivity contribution in [1.82, 2.24) is 0 Å². The zero-order valence-corrected chi connectivity index (χ0v) is 12.1. The Kier molecular flexibility index (Phi) is 4.31. The molecule has 2 rings (SSSR count). The Morgan fingerprint density at radius 1 is 1.14 bits per heavy atom.